The molecule has 0 radical (unpaired) electrons. The standard InChI is InChI=1S/C20H24O3/c1-12-4-5-14-15(10-12)18(22)19(23)16(17(14)21)11-13-6-8-20(2,3)9-7-13/h4-5,10,13,21H,6-9,11H2,1-3H3. The number of Topliss-reactive ketones (excluding diaryl/α,β-unsaturated/α-hetero) is 2. The summed E-state index contributed by atoms with van der Waals surface area (Å²) in [5.74, 6) is -0.614. The Hall–Kier alpha value is -1.90. The highest BCUT2D eigenvalue weighted by atomic mass is 16.3. The van der Waals surface area contributed by atoms with Crippen LogP contribution in [0, 0.1) is 18.3 Å². The van der Waals surface area contributed by atoms with Crippen molar-refractivity contribution in [3.63, 3.8) is 0 Å². The van der Waals surface area contributed by atoms with E-state index in [0.29, 0.717) is 34.5 Å². The van der Waals surface area contributed by atoms with E-state index in [1.807, 2.05) is 13.0 Å². The number of ketones is 2. The molecule has 122 valence electrons. The summed E-state index contributed by atoms with van der Waals surface area (Å²) < 4.78 is 0. The first-order valence-corrected chi connectivity index (χ1v) is 8.41. The summed E-state index contributed by atoms with van der Waals surface area (Å²) in [6.45, 7) is 6.42. The summed E-state index contributed by atoms with van der Waals surface area (Å²) in [7, 11) is 0. The van der Waals surface area contributed by atoms with Gasteiger partial charge in [-0.25, -0.2) is 0 Å². The van der Waals surface area contributed by atoms with Crippen molar-refractivity contribution in [2.45, 2.75) is 52.9 Å². The Kier molecular flexibility index (Phi) is 3.91. The van der Waals surface area contributed by atoms with Crippen LogP contribution in [0.5, 0.6) is 0 Å². The lowest BCUT2D eigenvalue weighted by atomic mass is 9.70. The summed E-state index contributed by atoms with van der Waals surface area (Å²) in [5, 5.41) is 10.5. The Bertz CT molecular complexity index is 700. The van der Waals surface area contributed by atoms with Gasteiger partial charge in [0.25, 0.3) is 0 Å². The van der Waals surface area contributed by atoms with Crippen molar-refractivity contribution in [2.75, 3.05) is 0 Å². The minimum absolute atomic E-state index is 0.00873. The van der Waals surface area contributed by atoms with E-state index in [0.717, 1.165) is 31.2 Å². The first-order valence-electron chi connectivity index (χ1n) is 8.41. The van der Waals surface area contributed by atoms with E-state index in [1.54, 1.807) is 12.1 Å². The number of hydrogen-bond acceptors (Lipinski definition) is 3. The number of rotatable bonds is 2. The van der Waals surface area contributed by atoms with Gasteiger partial charge in [0.15, 0.2) is 0 Å². The summed E-state index contributed by atoms with van der Waals surface area (Å²) in [6, 6.07) is 5.29. The normalized spacial score (nSPS) is 21.5. The van der Waals surface area contributed by atoms with Crippen LogP contribution in [-0.2, 0) is 4.79 Å². The lowest BCUT2D eigenvalue weighted by Crippen LogP contribution is -2.27. The fraction of sp³-hybridized carbons (Fsp3) is 0.500. The van der Waals surface area contributed by atoms with E-state index >= 15 is 0 Å². The third kappa shape index (κ3) is 2.97. The maximum absolute atomic E-state index is 12.4. The zero-order valence-electron chi connectivity index (χ0n) is 14.1. The van der Waals surface area contributed by atoms with E-state index in [9.17, 15) is 14.7 Å². The van der Waals surface area contributed by atoms with Crippen molar-refractivity contribution in [2.24, 2.45) is 11.3 Å². The Labute approximate surface area is 137 Å². The topological polar surface area (TPSA) is 54.4 Å². The highest BCUT2D eigenvalue weighted by Gasteiger charge is 2.35. The monoisotopic (exact) mass is 312 g/mol. The molecule has 1 aromatic rings. The Morgan fingerprint density at radius 1 is 1.09 bits per heavy atom. The average molecular weight is 312 g/mol. The minimum atomic E-state index is -0.523. The minimum Gasteiger partial charge on any atom is -0.507 e. The zero-order valence-corrected chi connectivity index (χ0v) is 14.1. The molecule has 2 aliphatic rings. The van der Waals surface area contributed by atoms with Crippen molar-refractivity contribution >= 4 is 17.3 Å². The molecule has 0 saturated heterocycles. The van der Waals surface area contributed by atoms with Crippen LogP contribution in [0.3, 0.4) is 0 Å². The number of allylic oxidation sites excluding steroid dienone is 1. The number of benzene rings is 1. The fourth-order valence-corrected chi connectivity index (χ4v) is 3.72. The number of aliphatic hydroxyl groups is 1. The van der Waals surface area contributed by atoms with Gasteiger partial charge in [-0.2, -0.15) is 0 Å². The van der Waals surface area contributed by atoms with E-state index in [-0.39, 0.29) is 5.76 Å². The second kappa shape index (κ2) is 5.63. The molecule has 1 aromatic carbocycles. The second-order valence-corrected chi connectivity index (χ2v) is 7.85. The summed E-state index contributed by atoms with van der Waals surface area (Å²) in [6.07, 6.45) is 4.87. The van der Waals surface area contributed by atoms with E-state index < -0.39 is 11.6 Å². The molecule has 0 spiro atoms. The molecular formula is C20H24O3. The number of aryl methyl sites for hydroxylation is 1. The van der Waals surface area contributed by atoms with Crippen LogP contribution >= 0.6 is 0 Å². The predicted molar refractivity (Wildman–Crippen MR) is 90.4 cm³/mol. The SMILES string of the molecule is Cc1ccc2c(c1)C(=O)C(=O)C(CC1CCC(C)(C)CC1)=C2O. The van der Waals surface area contributed by atoms with Gasteiger partial charge in [0.2, 0.25) is 11.6 Å². The van der Waals surface area contributed by atoms with Gasteiger partial charge in [-0.1, -0.05) is 31.5 Å². The fourth-order valence-electron chi connectivity index (χ4n) is 3.72. The molecule has 3 nitrogen and oxygen atoms in total. The molecule has 0 aliphatic heterocycles. The molecule has 3 heteroatoms. The number of hydrogen-bond donors (Lipinski definition) is 1. The van der Waals surface area contributed by atoms with Gasteiger partial charge in [-0.3, -0.25) is 9.59 Å². The molecule has 0 heterocycles. The maximum atomic E-state index is 12.4. The molecule has 0 atom stereocenters. The number of fused-ring (bicyclic) bond motifs is 1. The van der Waals surface area contributed by atoms with Crippen LogP contribution in [-0.4, -0.2) is 16.7 Å². The average Bonchev–Trinajstić information content (AvgIpc) is 2.51. The van der Waals surface area contributed by atoms with Crippen LogP contribution in [0.25, 0.3) is 5.76 Å². The molecule has 1 N–H and O–H groups in total. The lowest BCUT2D eigenvalue weighted by Gasteiger charge is -2.34. The number of aliphatic hydroxyl groups excluding tert-OH is 1. The molecular weight excluding hydrogens is 288 g/mol. The van der Waals surface area contributed by atoms with Crippen LogP contribution in [0.4, 0.5) is 0 Å². The second-order valence-electron chi connectivity index (χ2n) is 7.85. The Balaban J connectivity index is 1.89. The maximum Gasteiger partial charge on any atom is 0.234 e. The van der Waals surface area contributed by atoms with Crippen LogP contribution in [0.2, 0.25) is 0 Å². The van der Waals surface area contributed by atoms with Gasteiger partial charge in [0.1, 0.15) is 5.76 Å². The van der Waals surface area contributed by atoms with Gasteiger partial charge < -0.3 is 5.11 Å². The zero-order chi connectivity index (χ0) is 16.8. The molecule has 0 bridgehead atoms. The number of carbonyl (C=O) groups is 2. The summed E-state index contributed by atoms with van der Waals surface area (Å²) in [5.41, 5.74) is 2.43. The first kappa shape index (κ1) is 16.0. The molecule has 0 aromatic heterocycles. The largest absolute Gasteiger partial charge is 0.507 e. The smallest absolute Gasteiger partial charge is 0.234 e. The predicted octanol–water partition coefficient (Wildman–Crippen LogP) is 4.64. The van der Waals surface area contributed by atoms with Crippen LogP contribution in [0.1, 0.15) is 67.4 Å². The van der Waals surface area contributed by atoms with Gasteiger partial charge in [0.05, 0.1) is 0 Å². The highest BCUT2D eigenvalue weighted by Crippen LogP contribution is 2.41. The third-order valence-electron chi connectivity index (χ3n) is 5.39. The molecule has 1 fully saturated rings. The van der Waals surface area contributed by atoms with Gasteiger partial charge >= 0.3 is 0 Å². The van der Waals surface area contributed by atoms with Crippen molar-refractivity contribution in [3.8, 4) is 0 Å². The molecule has 0 unspecified atom stereocenters. The first-order chi connectivity index (χ1) is 10.8. The van der Waals surface area contributed by atoms with Crippen molar-refractivity contribution in [3.05, 3.63) is 40.5 Å². The molecule has 1 saturated carbocycles. The summed E-state index contributed by atoms with van der Waals surface area (Å²) >= 11 is 0. The van der Waals surface area contributed by atoms with Crippen LogP contribution < -0.4 is 0 Å². The Morgan fingerprint density at radius 3 is 2.39 bits per heavy atom. The van der Waals surface area contributed by atoms with Gasteiger partial charge in [-0.15, -0.1) is 0 Å². The van der Waals surface area contributed by atoms with Gasteiger partial charge in [-0.05, 0) is 56.4 Å². The van der Waals surface area contributed by atoms with Crippen molar-refractivity contribution in [1.82, 2.24) is 0 Å². The van der Waals surface area contributed by atoms with Gasteiger partial charge in [0, 0.05) is 16.7 Å². The van der Waals surface area contributed by atoms with Crippen LogP contribution in [0.15, 0.2) is 23.8 Å². The molecule has 0 amide bonds. The molecule has 23 heavy (non-hydrogen) atoms. The molecule has 2 aliphatic carbocycles. The highest BCUT2D eigenvalue weighted by molar-refractivity contribution is 6.52. The van der Waals surface area contributed by atoms with Crippen molar-refractivity contribution in [1.29, 1.82) is 0 Å². The molecule has 3 rings (SSSR count). The summed E-state index contributed by atoms with van der Waals surface area (Å²) in [4.78, 5) is 24.8. The lowest BCUT2D eigenvalue weighted by molar-refractivity contribution is -0.112. The Morgan fingerprint density at radius 2 is 1.74 bits per heavy atom. The third-order valence-corrected chi connectivity index (χ3v) is 5.39. The van der Waals surface area contributed by atoms with E-state index in [1.165, 1.54) is 0 Å². The van der Waals surface area contributed by atoms with E-state index in [2.05, 4.69) is 13.8 Å². The van der Waals surface area contributed by atoms with Crippen molar-refractivity contribution < 1.29 is 14.7 Å². The quantitative estimate of drug-likeness (QED) is 0.810. The number of carbonyl (C=O) groups excluding carboxylic acids is 2. The van der Waals surface area contributed by atoms with E-state index in [4.69, 9.17) is 0 Å².